The van der Waals surface area contributed by atoms with Gasteiger partial charge in [-0.2, -0.15) is 0 Å². The second-order valence-corrected chi connectivity index (χ2v) is 3.09. The van der Waals surface area contributed by atoms with Crippen molar-refractivity contribution in [1.29, 1.82) is 0 Å². The minimum absolute atomic E-state index is 0. The van der Waals surface area contributed by atoms with Crippen molar-refractivity contribution in [3.8, 4) is 0 Å². The summed E-state index contributed by atoms with van der Waals surface area (Å²) in [5.74, 6) is 0. The van der Waals surface area contributed by atoms with Crippen LogP contribution in [0.2, 0.25) is 0 Å². The molecule has 2 heteroatoms. The van der Waals surface area contributed by atoms with E-state index in [1.165, 1.54) is 5.56 Å². The van der Waals surface area contributed by atoms with E-state index in [-0.39, 0.29) is 10.2 Å². The molecule has 0 amide bonds. The Morgan fingerprint density at radius 2 is 1.55 bits per heavy atom. The summed E-state index contributed by atoms with van der Waals surface area (Å²) in [6, 6.07) is 10.1. The van der Waals surface area contributed by atoms with Gasteiger partial charge in [0, 0.05) is 5.54 Å². The molecule has 0 aliphatic rings. The van der Waals surface area contributed by atoms with Gasteiger partial charge in [-0.05, 0) is 19.4 Å². The molecule has 11 heavy (non-hydrogen) atoms. The molecular formula is C9H14FN. The zero-order valence-corrected chi connectivity index (χ0v) is 6.87. The predicted octanol–water partition coefficient (Wildman–Crippen LogP) is 2.03. The molecule has 1 aromatic carbocycles. The summed E-state index contributed by atoms with van der Waals surface area (Å²) in [4.78, 5) is 0. The van der Waals surface area contributed by atoms with E-state index in [0.717, 1.165) is 0 Å². The topological polar surface area (TPSA) is 26.0 Å². The first-order valence-electron chi connectivity index (χ1n) is 3.45. The lowest BCUT2D eigenvalue weighted by atomic mass is 9.96. The highest BCUT2D eigenvalue weighted by Gasteiger charge is 2.11. The zero-order valence-electron chi connectivity index (χ0n) is 6.87. The third kappa shape index (κ3) is 2.68. The molecule has 0 aliphatic heterocycles. The summed E-state index contributed by atoms with van der Waals surface area (Å²) in [7, 11) is 0. The van der Waals surface area contributed by atoms with Crippen LogP contribution in [0, 0.1) is 0 Å². The van der Waals surface area contributed by atoms with E-state index in [9.17, 15) is 0 Å². The molecule has 0 bridgehead atoms. The Hall–Kier alpha value is -0.890. The average molecular weight is 155 g/mol. The standard InChI is InChI=1S/C9H13N.FH/c1-9(2,10)8-6-4-3-5-7-8;/h3-7H,10H2,1-2H3;1H. The minimum Gasteiger partial charge on any atom is -0.322 e. The first-order valence-corrected chi connectivity index (χ1v) is 3.45. The van der Waals surface area contributed by atoms with Gasteiger partial charge < -0.3 is 5.73 Å². The van der Waals surface area contributed by atoms with Gasteiger partial charge >= 0.3 is 0 Å². The molecule has 0 aromatic heterocycles. The van der Waals surface area contributed by atoms with Crippen molar-refractivity contribution in [1.82, 2.24) is 0 Å². The number of nitrogens with two attached hydrogens (primary N) is 1. The van der Waals surface area contributed by atoms with Crippen molar-refractivity contribution >= 4 is 0 Å². The number of hydrogen-bond acceptors (Lipinski definition) is 1. The lowest BCUT2D eigenvalue weighted by Crippen LogP contribution is -2.28. The van der Waals surface area contributed by atoms with Gasteiger partial charge in [0.15, 0.2) is 0 Å². The van der Waals surface area contributed by atoms with E-state index in [0.29, 0.717) is 0 Å². The minimum atomic E-state index is -0.207. The van der Waals surface area contributed by atoms with Gasteiger partial charge in [0.1, 0.15) is 0 Å². The van der Waals surface area contributed by atoms with Crippen molar-refractivity contribution in [2.24, 2.45) is 5.73 Å². The van der Waals surface area contributed by atoms with Crippen LogP contribution in [-0.4, -0.2) is 0 Å². The van der Waals surface area contributed by atoms with E-state index in [2.05, 4.69) is 0 Å². The smallest absolute Gasteiger partial charge is 0.0352 e. The third-order valence-electron chi connectivity index (χ3n) is 1.52. The molecule has 0 radical (unpaired) electrons. The molecule has 62 valence electrons. The van der Waals surface area contributed by atoms with Crippen LogP contribution in [0.4, 0.5) is 4.70 Å². The predicted molar refractivity (Wildman–Crippen MR) is 46.2 cm³/mol. The van der Waals surface area contributed by atoms with Crippen LogP contribution in [0.1, 0.15) is 19.4 Å². The van der Waals surface area contributed by atoms with Crippen LogP contribution < -0.4 is 5.73 Å². The van der Waals surface area contributed by atoms with Crippen LogP contribution in [-0.2, 0) is 5.54 Å². The van der Waals surface area contributed by atoms with Crippen LogP contribution in [0.25, 0.3) is 0 Å². The molecule has 0 unspecified atom stereocenters. The van der Waals surface area contributed by atoms with E-state index < -0.39 is 0 Å². The monoisotopic (exact) mass is 155 g/mol. The van der Waals surface area contributed by atoms with Crippen molar-refractivity contribution < 1.29 is 4.70 Å². The highest BCUT2D eigenvalue weighted by Crippen LogP contribution is 2.14. The van der Waals surface area contributed by atoms with Crippen LogP contribution in [0.5, 0.6) is 0 Å². The normalized spacial score (nSPS) is 10.5. The van der Waals surface area contributed by atoms with Gasteiger partial charge in [-0.15, -0.1) is 0 Å². The van der Waals surface area contributed by atoms with Gasteiger partial charge in [0.05, 0.1) is 0 Å². The summed E-state index contributed by atoms with van der Waals surface area (Å²) in [6.07, 6.45) is 0. The number of rotatable bonds is 1. The van der Waals surface area contributed by atoms with Crippen LogP contribution >= 0.6 is 0 Å². The van der Waals surface area contributed by atoms with E-state index in [1.807, 2.05) is 44.2 Å². The maximum atomic E-state index is 5.86. The molecule has 1 nitrogen and oxygen atoms in total. The number of benzene rings is 1. The van der Waals surface area contributed by atoms with Gasteiger partial charge in [0.25, 0.3) is 0 Å². The van der Waals surface area contributed by atoms with Gasteiger partial charge in [-0.25, -0.2) is 0 Å². The summed E-state index contributed by atoms with van der Waals surface area (Å²) >= 11 is 0. The Labute approximate surface area is 66.6 Å². The molecule has 0 heterocycles. The Bertz CT molecular complexity index is 201. The van der Waals surface area contributed by atoms with Crippen LogP contribution in [0.3, 0.4) is 0 Å². The van der Waals surface area contributed by atoms with Crippen LogP contribution in [0.15, 0.2) is 30.3 Å². The Kier molecular flexibility index (Phi) is 3.20. The van der Waals surface area contributed by atoms with Crippen molar-refractivity contribution in [3.05, 3.63) is 35.9 Å². The highest BCUT2D eigenvalue weighted by molar-refractivity contribution is 5.21. The maximum Gasteiger partial charge on any atom is 0.0352 e. The van der Waals surface area contributed by atoms with Crippen molar-refractivity contribution in [3.63, 3.8) is 0 Å². The second kappa shape index (κ2) is 3.49. The van der Waals surface area contributed by atoms with E-state index >= 15 is 0 Å². The molecule has 0 atom stereocenters. The SMILES string of the molecule is CC(C)(N)c1ccccc1.F. The highest BCUT2D eigenvalue weighted by atomic mass is 19.0. The van der Waals surface area contributed by atoms with Crippen molar-refractivity contribution in [2.45, 2.75) is 19.4 Å². The fraction of sp³-hybridized carbons (Fsp3) is 0.333. The number of halogens is 1. The molecule has 1 aromatic rings. The molecule has 2 N–H and O–H groups in total. The van der Waals surface area contributed by atoms with Gasteiger partial charge in [0.2, 0.25) is 0 Å². The molecule has 0 saturated carbocycles. The summed E-state index contributed by atoms with van der Waals surface area (Å²) in [6.45, 7) is 4.00. The molecular weight excluding hydrogens is 141 g/mol. The largest absolute Gasteiger partial charge is 0.322 e. The quantitative estimate of drug-likeness (QED) is 0.659. The van der Waals surface area contributed by atoms with Gasteiger partial charge in [-0.1, -0.05) is 30.3 Å². The summed E-state index contributed by atoms with van der Waals surface area (Å²) < 4.78 is 0. The lowest BCUT2D eigenvalue weighted by molar-refractivity contribution is 0.554. The molecule has 0 saturated heterocycles. The fourth-order valence-electron chi connectivity index (χ4n) is 0.868. The average Bonchev–Trinajstić information content (AvgIpc) is 1.88. The Balaban J connectivity index is 0.000001000. The first-order chi connectivity index (χ1) is 4.61. The first kappa shape index (κ1) is 10.1. The maximum absolute atomic E-state index is 5.86. The molecule has 0 fully saturated rings. The zero-order chi connectivity index (χ0) is 7.61. The Morgan fingerprint density at radius 3 is 1.82 bits per heavy atom. The third-order valence-corrected chi connectivity index (χ3v) is 1.52. The molecule has 0 spiro atoms. The van der Waals surface area contributed by atoms with Gasteiger partial charge in [-0.3, -0.25) is 4.70 Å². The van der Waals surface area contributed by atoms with E-state index in [1.54, 1.807) is 0 Å². The Morgan fingerprint density at radius 1 is 1.09 bits per heavy atom. The lowest BCUT2D eigenvalue weighted by Gasteiger charge is -2.18. The van der Waals surface area contributed by atoms with Crippen molar-refractivity contribution in [2.75, 3.05) is 0 Å². The van der Waals surface area contributed by atoms with E-state index in [4.69, 9.17) is 5.73 Å². The second-order valence-electron chi connectivity index (χ2n) is 3.09. The summed E-state index contributed by atoms with van der Waals surface area (Å²) in [5.41, 5.74) is 6.83. The molecule has 1 rings (SSSR count). The molecule has 0 aliphatic carbocycles. The fourth-order valence-corrected chi connectivity index (χ4v) is 0.868. The summed E-state index contributed by atoms with van der Waals surface area (Å²) in [5, 5.41) is 0. The number of hydrogen-bond donors (Lipinski definition) is 1.